The van der Waals surface area contributed by atoms with E-state index in [1.807, 2.05) is 79.7 Å². The summed E-state index contributed by atoms with van der Waals surface area (Å²) in [4.78, 5) is 4.45. The van der Waals surface area contributed by atoms with Gasteiger partial charge in [-0.15, -0.1) is 6.58 Å². The Morgan fingerprint density at radius 2 is 1.88 bits per heavy atom. The van der Waals surface area contributed by atoms with Gasteiger partial charge in [0.2, 0.25) is 5.89 Å². The minimum atomic E-state index is 0.284. The summed E-state index contributed by atoms with van der Waals surface area (Å²) in [6, 6.07) is 23.5. The van der Waals surface area contributed by atoms with E-state index in [1.54, 1.807) is 6.08 Å². The number of aromatic nitrogens is 1. The Morgan fingerprint density at radius 1 is 1.09 bits per heavy atom. The number of para-hydroxylation sites is 2. The van der Waals surface area contributed by atoms with Crippen molar-refractivity contribution >= 4 is 22.7 Å². The molecule has 0 aliphatic rings. The highest BCUT2D eigenvalue weighted by Gasteiger charge is 2.15. The zero-order valence-corrected chi connectivity index (χ0v) is 18.5. The number of benzene rings is 3. The molecule has 0 N–H and O–H groups in total. The highest BCUT2D eigenvalue weighted by Crippen LogP contribution is 2.36. The van der Waals surface area contributed by atoms with Crippen LogP contribution >= 0.6 is 0 Å². The third kappa shape index (κ3) is 5.13. The maximum atomic E-state index is 9.79. The fourth-order valence-electron chi connectivity index (χ4n) is 3.53. The Hall–Kier alpha value is -4.30. The standard InChI is InChI=1S/C28H24N2O3/c1-3-10-22-15-21(16-23(18-29)28-30-24-13-8-9-14-25(24)33-28)17-26(31-4-2)27(22)32-19-20-11-6-5-7-12-20/h3,5-9,11-17H,1,4,10,19H2,2H3/b23-16+. The van der Waals surface area contributed by atoms with Crippen molar-refractivity contribution in [3.8, 4) is 17.6 Å². The molecular weight excluding hydrogens is 412 g/mol. The quantitative estimate of drug-likeness (QED) is 0.218. The molecule has 33 heavy (non-hydrogen) atoms. The molecule has 0 saturated heterocycles. The van der Waals surface area contributed by atoms with Crippen molar-refractivity contribution in [2.75, 3.05) is 6.61 Å². The van der Waals surface area contributed by atoms with Crippen LogP contribution < -0.4 is 9.47 Å². The molecule has 0 unspecified atom stereocenters. The number of hydrogen-bond donors (Lipinski definition) is 0. The van der Waals surface area contributed by atoms with E-state index in [1.165, 1.54) is 0 Å². The van der Waals surface area contributed by atoms with Crippen LogP contribution in [0.5, 0.6) is 11.5 Å². The van der Waals surface area contributed by atoms with E-state index in [0.29, 0.717) is 47.8 Å². The van der Waals surface area contributed by atoms with Gasteiger partial charge >= 0.3 is 0 Å². The molecule has 164 valence electrons. The SMILES string of the molecule is C=CCc1cc(/C=C(\C#N)c2nc3ccccc3o2)cc(OCC)c1OCc1ccccc1. The molecule has 0 aliphatic carbocycles. The summed E-state index contributed by atoms with van der Waals surface area (Å²) in [5.74, 6) is 1.58. The summed E-state index contributed by atoms with van der Waals surface area (Å²) < 4.78 is 17.9. The molecule has 0 radical (unpaired) electrons. The molecule has 0 aliphatic heterocycles. The van der Waals surface area contributed by atoms with Gasteiger partial charge in [0, 0.05) is 5.56 Å². The fourth-order valence-corrected chi connectivity index (χ4v) is 3.53. The number of oxazole rings is 1. The fraction of sp³-hybridized carbons (Fsp3) is 0.143. The molecule has 5 heteroatoms. The van der Waals surface area contributed by atoms with Crippen LogP contribution in [-0.4, -0.2) is 11.6 Å². The molecule has 0 bridgehead atoms. The molecule has 1 aromatic heterocycles. The van der Waals surface area contributed by atoms with Gasteiger partial charge in [-0.2, -0.15) is 5.26 Å². The summed E-state index contributed by atoms with van der Waals surface area (Å²) >= 11 is 0. The van der Waals surface area contributed by atoms with Crippen molar-refractivity contribution in [1.82, 2.24) is 4.98 Å². The second-order valence-corrected chi connectivity index (χ2v) is 7.36. The predicted octanol–water partition coefficient (Wildman–Crippen LogP) is 6.60. The number of ether oxygens (including phenoxy) is 2. The van der Waals surface area contributed by atoms with Gasteiger partial charge in [-0.1, -0.05) is 48.5 Å². The van der Waals surface area contributed by atoms with Crippen molar-refractivity contribution in [1.29, 1.82) is 5.26 Å². The molecule has 0 atom stereocenters. The molecule has 5 nitrogen and oxygen atoms in total. The zero-order valence-electron chi connectivity index (χ0n) is 18.5. The van der Waals surface area contributed by atoms with Crippen molar-refractivity contribution < 1.29 is 13.9 Å². The van der Waals surface area contributed by atoms with E-state index < -0.39 is 0 Å². The average Bonchev–Trinajstić information content (AvgIpc) is 3.27. The summed E-state index contributed by atoms with van der Waals surface area (Å²) in [6.07, 6.45) is 4.16. The van der Waals surface area contributed by atoms with E-state index in [4.69, 9.17) is 13.9 Å². The summed E-state index contributed by atoms with van der Waals surface area (Å²) in [5, 5.41) is 9.79. The molecule has 4 aromatic rings. The van der Waals surface area contributed by atoms with E-state index in [2.05, 4.69) is 17.6 Å². The first-order chi connectivity index (χ1) is 16.2. The van der Waals surface area contributed by atoms with Gasteiger partial charge in [-0.25, -0.2) is 4.98 Å². The number of nitrogens with zero attached hydrogens (tertiary/aromatic N) is 2. The molecular formula is C28H24N2O3. The molecule has 0 saturated carbocycles. The lowest BCUT2D eigenvalue weighted by molar-refractivity contribution is 0.267. The first kappa shape index (κ1) is 21.9. The topological polar surface area (TPSA) is 68.3 Å². The van der Waals surface area contributed by atoms with E-state index in [-0.39, 0.29) is 5.89 Å². The third-order valence-corrected chi connectivity index (χ3v) is 5.00. The van der Waals surface area contributed by atoms with Gasteiger partial charge in [-0.3, -0.25) is 0 Å². The van der Waals surface area contributed by atoms with E-state index in [0.717, 1.165) is 16.7 Å². The predicted molar refractivity (Wildman–Crippen MR) is 130 cm³/mol. The van der Waals surface area contributed by atoms with Crippen LogP contribution in [0.1, 0.15) is 29.5 Å². The van der Waals surface area contributed by atoms with Gasteiger partial charge < -0.3 is 13.9 Å². The second-order valence-electron chi connectivity index (χ2n) is 7.36. The number of allylic oxidation sites excluding steroid dienone is 2. The highest BCUT2D eigenvalue weighted by molar-refractivity contribution is 5.89. The maximum absolute atomic E-state index is 9.79. The Labute approximate surface area is 193 Å². The smallest absolute Gasteiger partial charge is 0.238 e. The van der Waals surface area contributed by atoms with Gasteiger partial charge in [0.05, 0.1) is 6.61 Å². The molecule has 0 spiro atoms. The Bertz CT molecular complexity index is 1300. The second kappa shape index (κ2) is 10.3. The Balaban J connectivity index is 1.72. The molecule has 1 heterocycles. The van der Waals surface area contributed by atoms with Crippen molar-refractivity contribution in [3.05, 3.63) is 102 Å². The van der Waals surface area contributed by atoms with Gasteiger partial charge in [0.15, 0.2) is 17.1 Å². The monoisotopic (exact) mass is 436 g/mol. The number of hydrogen-bond acceptors (Lipinski definition) is 5. The first-order valence-electron chi connectivity index (χ1n) is 10.8. The van der Waals surface area contributed by atoms with Crippen LogP contribution in [0.15, 0.2) is 83.8 Å². The Morgan fingerprint density at radius 3 is 2.61 bits per heavy atom. The van der Waals surface area contributed by atoms with Crippen LogP contribution in [0.25, 0.3) is 22.7 Å². The Kier molecular flexibility index (Phi) is 6.87. The van der Waals surface area contributed by atoms with Crippen LogP contribution in [0.3, 0.4) is 0 Å². The summed E-state index contributed by atoms with van der Waals surface area (Å²) in [6.45, 7) is 6.71. The lowest BCUT2D eigenvalue weighted by Crippen LogP contribution is -2.03. The average molecular weight is 437 g/mol. The van der Waals surface area contributed by atoms with Crippen LogP contribution in [0, 0.1) is 11.3 Å². The van der Waals surface area contributed by atoms with E-state index in [9.17, 15) is 5.26 Å². The molecule has 4 rings (SSSR count). The highest BCUT2D eigenvalue weighted by atomic mass is 16.5. The number of rotatable bonds is 9. The molecule has 0 fully saturated rings. The third-order valence-electron chi connectivity index (χ3n) is 5.00. The van der Waals surface area contributed by atoms with Crippen molar-refractivity contribution in [2.24, 2.45) is 0 Å². The lowest BCUT2D eigenvalue weighted by Gasteiger charge is -2.17. The maximum Gasteiger partial charge on any atom is 0.238 e. The van der Waals surface area contributed by atoms with Gasteiger partial charge in [0.25, 0.3) is 0 Å². The summed E-state index contributed by atoms with van der Waals surface area (Å²) in [5.41, 5.74) is 4.46. The van der Waals surface area contributed by atoms with Crippen LogP contribution in [-0.2, 0) is 13.0 Å². The summed E-state index contributed by atoms with van der Waals surface area (Å²) in [7, 11) is 0. The van der Waals surface area contributed by atoms with Crippen LogP contribution in [0.2, 0.25) is 0 Å². The number of fused-ring (bicyclic) bond motifs is 1. The van der Waals surface area contributed by atoms with Gasteiger partial charge in [-0.05, 0) is 54.8 Å². The largest absolute Gasteiger partial charge is 0.490 e. The molecule has 0 amide bonds. The molecule has 3 aromatic carbocycles. The normalized spacial score (nSPS) is 11.2. The van der Waals surface area contributed by atoms with Crippen molar-refractivity contribution in [2.45, 2.75) is 20.0 Å². The minimum Gasteiger partial charge on any atom is -0.490 e. The van der Waals surface area contributed by atoms with E-state index >= 15 is 0 Å². The first-order valence-corrected chi connectivity index (χ1v) is 10.8. The minimum absolute atomic E-state index is 0.284. The zero-order chi connectivity index (χ0) is 23.0. The van der Waals surface area contributed by atoms with Crippen molar-refractivity contribution in [3.63, 3.8) is 0 Å². The number of nitriles is 1. The van der Waals surface area contributed by atoms with Gasteiger partial charge in [0.1, 0.15) is 23.8 Å². The lowest BCUT2D eigenvalue weighted by atomic mass is 10.0. The van der Waals surface area contributed by atoms with Crippen LogP contribution in [0.4, 0.5) is 0 Å².